The summed E-state index contributed by atoms with van der Waals surface area (Å²) in [6.07, 6.45) is 3.96. The second-order valence-corrected chi connectivity index (χ2v) is 8.22. The number of aryl methyl sites for hydroxylation is 2. The van der Waals surface area contributed by atoms with E-state index in [9.17, 15) is 0 Å². The summed E-state index contributed by atoms with van der Waals surface area (Å²) in [6.45, 7) is 9.47. The minimum Gasteiger partial charge on any atom is -0.368 e. The third-order valence-electron chi connectivity index (χ3n) is 4.74. The molecule has 1 aliphatic heterocycles. The third-order valence-corrected chi connectivity index (χ3v) is 5.84. The van der Waals surface area contributed by atoms with Crippen LogP contribution in [0.3, 0.4) is 0 Å². The summed E-state index contributed by atoms with van der Waals surface area (Å²) in [4.78, 5) is 16.9. The van der Waals surface area contributed by atoms with Gasteiger partial charge in [-0.05, 0) is 59.4 Å². The molecule has 1 fully saturated rings. The number of likely N-dealkylation sites (N-methyl/N-ethyl adjacent to an activating group) is 1. The van der Waals surface area contributed by atoms with Crippen LogP contribution in [0.15, 0.2) is 0 Å². The molecule has 0 bridgehead atoms. The summed E-state index contributed by atoms with van der Waals surface area (Å²) in [5, 5.41) is 4.75. The van der Waals surface area contributed by atoms with Crippen LogP contribution in [0, 0.1) is 13.8 Å². The number of rotatable bonds is 6. The van der Waals surface area contributed by atoms with Crippen molar-refractivity contribution >= 4 is 27.4 Å². The summed E-state index contributed by atoms with van der Waals surface area (Å²) in [5.41, 5.74) is 1.31. The number of nitrogens with zero attached hydrogens (tertiary/aromatic N) is 4. The Bertz CT molecular complexity index is 688. The molecule has 0 spiro atoms. The number of hydrogen-bond acceptors (Lipinski definition) is 6. The highest BCUT2D eigenvalue weighted by molar-refractivity contribution is 7.18. The quantitative estimate of drug-likeness (QED) is 0.869. The Balaban J connectivity index is 1.86. The Morgan fingerprint density at radius 3 is 2.58 bits per heavy atom. The number of piperidine rings is 1. The van der Waals surface area contributed by atoms with Gasteiger partial charge >= 0.3 is 0 Å². The third kappa shape index (κ3) is 4.05. The molecule has 24 heavy (non-hydrogen) atoms. The van der Waals surface area contributed by atoms with E-state index < -0.39 is 0 Å². The van der Waals surface area contributed by atoms with Crippen molar-refractivity contribution in [3.05, 3.63) is 16.3 Å². The maximum Gasteiger partial charge on any atom is 0.146 e. The Morgan fingerprint density at radius 1 is 1.12 bits per heavy atom. The zero-order valence-corrected chi connectivity index (χ0v) is 16.2. The second-order valence-electron chi connectivity index (χ2n) is 7.02. The van der Waals surface area contributed by atoms with Crippen LogP contribution in [0.2, 0.25) is 0 Å². The molecular weight excluding hydrogens is 318 g/mol. The molecule has 0 aromatic carbocycles. The van der Waals surface area contributed by atoms with Crippen LogP contribution in [0.4, 0.5) is 5.82 Å². The maximum absolute atomic E-state index is 4.89. The van der Waals surface area contributed by atoms with Crippen LogP contribution in [-0.4, -0.2) is 60.0 Å². The lowest BCUT2D eigenvalue weighted by Gasteiger charge is -2.25. The smallest absolute Gasteiger partial charge is 0.146 e. The normalized spacial score (nSPS) is 16.2. The summed E-state index contributed by atoms with van der Waals surface area (Å²) in [6, 6.07) is 0. The van der Waals surface area contributed by atoms with Gasteiger partial charge in [0.05, 0.1) is 11.9 Å². The highest BCUT2D eigenvalue weighted by Crippen LogP contribution is 2.33. The molecule has 1 N–H and O–H groups in total. The van der Waals surface area contributed by atoms with E-state index in [1.54, 1.807) is 11.3 Å². The van der Waals surface area contributed by atoms with Crippen LogP contribution >= 0.6 is 11.3 Å². The van der Waals surface area contributed by atoms with Gasteiger partial charge in [-0.1, -0.05) is 6.42 Å². The van der Waals surface area contributed by atoms with Crippen molar-refractivity contribution in [2.24, 2.45) is 0 Å². The maximum atomic E-state index is 4.89. The monoisotopic (exact) mass is 347 g/mol. The molecule has 2 aromatic heterocycles. The summed E-state index contributed by atoms with van der Waals surface area (Å²) in [5.74, 6) is 1.97. The SMILES string of the molecule is Cc1sc2nc(CN3CCCCC3)nc(NCCN(C)C)c2c1C. The lowest BCUT2D eigenvalue weighted by molar-refractivity contribution is 0.216. The minimum atomic E-state index is 0.869. The van der Waals surface area contributed by atoms with Gasteiger partial charge in [0.1, 0.15) is 16.5 Å². The Labute approximate surface area is 149 Å². The predicted octanol–water partition coefficient (Wildman–Crippen LogP) is 3.27. The van der Waals surface area contributed by atoms with Crippen molar-refractivity contribution in [2.75, 3.05) is 45.6 Å². The minimum absolute atomic E-state index is 0.869. The molecule has 0 aliphatic carbocycles. The van der Waals surface area contributed by atoms with Crippen molar-refractivity contribution in [3.63, 3.8) is 0 Å². The van der Waals surface area contributed by atoms with Gasteiger partial charge in [0.2, 0.25) is 0 Å². The number of anilines is 1. The van der Waals surface area contributed by atoms with Crippen LogP contribution in [0.5, 0.6) is 0 Å². The average Bonchev–Trinajstić information content (AvgIpc) is 2.82. The van der Waals surface area contributed by atoms with Gasteiger partial charge in [0.25, 0.3) is 0 Å². The van der Waals surface area contributed by atoms with Crippen molar-refractivity contribution in [3.8, 4) is 0 Å². The van der Waals surface area contributed by atoms with E-state index in [-0.39, 0.29) is 0 Å². The molecule has 0 atom stereocenters. The average molecular weight is 348 g/mol. The second kappa shape index (κ2) is 7.76. The first kappa shape index (κ1) is 17.6. The Hall–Kier alpha value is -1.24. The lowest BCUT2D eigenvalue weighted by Crippen LogP contribution is -2.30. The molecule has 0 amide bonds. The Kier molecular flexibility index (Phi) is 5.69. The van der Waals surface area contributed by atoms with Gasteiger partial charge in [0.15, 0.2) is 0 Å². The van der Waals surface area contributed by atoms with Crippen LogP contribution in [-0.2, 0) is 6.54 Å². The van der Waals surface area contributed by atoms with Gasteiger partial charge in [-0.2, -0.15) is 0 Å². The lowest BCUT2D eigenvalue weighted by atomic mass is 10.1. The molecule has 5 nitrogen and oxygen atoms in total. The van der Waals surface area contributed by atoms with Gasteiger partial charge in [-0.15, -0.1) is 11.3 Å². The van der Waals surface area contributed by atoms with Gasteiger partial charge in [-0.25, -0.2) is 9.97 Å². The van der Waals surface area contributed by atoms with E-state index in [0.717, 1.165) is 36.1 Å². The van der Waals surface area contributed by atoms with E-state index in [1.807, 2.05) is 0 Å². The van der Waals surface area contributed by atoms with Gasteiger partial charge in [0, 0.05) is 18.0 Å². The molecule has 2 aromatic rings. The molecule has 0 unspecified atom stereocenters. The van der Waals surface area contributed by atoms with E-state index in [1.165, 1.54) is 48.2 Å². The van der Waals surface area contributed by atoms with Gasteiger partial charge < -0.3 is 10.2 Å². The van der Waals surface area contributed by atoms with Crippen molar-refractivity contribution < 1.29 is 0 Å². The fraction of sp³-hybridized carbons (Fsp3) is 0.667. The predicted molar refractivity (Wildman–Crippen MR) is 103 cm³/mol. The zero-order chi connectivity index (χ0) is 17.1. The molecule has 6 heteroatoms. The van der Waals surface area contributed by atoms with E-state index in [0.29, 0.717) is 0 Å². The van der Waals surface area contributed by atoms with Crippen LogP contribution < -0.4 is 5.32 Å². The van der Waals surface area contributed by atoms with Gasteiger partial charge in [-0.3, -0.25) is 4.90 Å². The summed E-state index contributed by atoms with van der Waals surface area (Å²) < 4.78 is 0. The van der Waals surface area contributed by atoms with E-state index in [2.05, 4.69) is 43.1 Å². The molecule has 132 valence electrons. The topological polar surface area (TPSA) is 44.3 Å². The highest BCUT2D eigenvalue weighted by atomic mass is 32.1. The van der Waals surface area contributed by atoms with E-state index in [4.69, 9.17) is 9.97 Å². The molecule has 0 saturated carbocycles. The first-order valence-electron chi connectivity index (χ1n) is 8.92. The zero-order valence-electron chi connectivity index (χ0n) is 15.4. The molecule has 3 heterocycles. The van der Waals surface area contributed by atoms with Crippen LogP contribution in [0.25, 0.3) is 10.2 Å². The molecule has 3 rings (SSSR count). The fourth-order valence-electron chi connectivity index (χ4n) is 3.21. The fourth-order valence-corrected chi connectivity index (χ4v) is 4.26. The Morgan fingerprint density at radius 2 is 1.88 bits per heavy atom. The molecule has 1 aliphatic rings. The highest BCUT2D eigenvalue weighted by Gasteiger charge is 2.17. The summed E-state index contributed by atoms with van der Waals surface area (Å²) in [7, 11) is 4.19. The number of nitrogens with one attached hydrogen (secondary N) is 1. The van der Waals surface area contributed by atoms with Crippen molar-refractivity contribution in [2.45, 2.75) is 39.7 Å². The standard InChI is InChI=1S/C18H29N5S/c1-13-14(2)24-18-16(13)17(19-8-11-22(3)4)20-15(21-18)12-23-9-6-5-7-10-23/h5-12H2,1-4H3,(H,19,20,21). The molecule has 1 saturated heterocycles. The van der Waals surface area contributed by atoms with Crippen molar-refractivity contribution in [1.29, 1.82) is 0 Å². The van der Waals surface area contributed by atoms with Crippen molar-refractivity contribution in [1.82, 2.24) is 19.8 Å². The largest absolute Gasteiger partial charge is 0.368 e. The first-order chi connectivity index (χ1) is 11.5. The number of hydrogen-bond donors (Lipinski definition) is 1. The summed E-state index contributed by atoms with van der Waals surface area (Å²) >= 11 is 1.79. The number of fused-ring (bicyclic) bond motifs is 1. The first-order valence-corrected chi connectivity index (χ1v) is 9.74. The molecule has 0 radical (unpaired) electrons. The number of thiophene rings is 1. The van der Waals surface area contributed by atoms with Crippen LogP contribution in [0.1, 0.15) is 35.5 Å². The molecular formula is C18H29N5S. The number of likely N-dealkylation sites (tertiary alicyclic amines) is 1. The number of aromatic nitrogens is 2. The van der Waals surface area contributed by atoms with E-state index >= 15 is 0 Å².